The van der Waals surface area contributed by atoms with Gasteiger partial charge < -0.3 is 10.5 Å². The number of nitrogens with zero attached hydrogens (tertiary/aromatic N) is 1. The van der Waals surface area contributed by atoms with Gasteiger partial charge in [0, 0.05) is 22.8 Å². The largest absolute Gasteiger partial charge is 0.439 e. The van der Waals surface area contributed by atoms with Crippen molar-refractivity contribution >= 4 is 11.6 Å². The predicted octanol–water partition coefficient (Wildman–Crippen LogP) is 4.16. The number of hydrogen-bond acceptors (Lipinski definition) is 3. The molecule has 1 unspecified atom stereocenters. The summed E-state index contributed by atoms with van der Waals surface area (Å²) in [4.78, 5) is 4.24. The lowest BCUT2D eigenvalue weighted by Crippen LogP contribution is -2.07. The van der Waals surface area contributed by atoms with Crippen molar-refractivity contribution in [1.82, 2.24) is 4.98 Å². The van der Waals surface area contributed by atoms with Crippen LogP contribution in [0.25, 0.3) is 0 Å². The molecule has 0 aliphatic carbocycles. The molecule has 2 N–H and O–H groups in total. The van der Waals surface area contributed by atoms with E-state index in [-0.39, 0.29) is 6.04 Å². The molecule has 1 aromatic heterocycles. The van der Waals surface area contributed by atoms with Crippen molar-refractivity contribution < 1.29 is 4.74 Å². The Bertz CT molecular complexity index is 573. The van der Waals surface area contributed by atoms with E-state index in [0.29, 0.717) is 5.88 Å². The third-order valence-electron chi connectivity index (χ3n) is 2.92. The van der Waals surface area contributed by atoms with Gasteiger partial charge in [-0.25, -0.2) is 4.98 Å². The van der Waals surface area contributed by atoms with Gasteiger partial charge in [0.25, 0.3) is 0 Å². The van der Waals surface area contributed by atoms with Crippen molar-refractivity contribution in [1.29, 1.82) is 0 Å². The Morgan fingerprint density at radius 3 is 2.47 bits per heavy atom. The monoisotopic (exact) mass is 276 g/mol. The summed E-state index contributed by atoms with van der Waals surface area (Å²) in [5.41, 5.74) is 8.76. The highest BCUT2D eigenvalue weighted by Gasteiger charge is 2.11. The molecule has 2 aromatic rings. The zero-order chi connectivity index (χ0) is 14.0. The molecule has 0 aliphatic rings. The lowest BCUT2D eigenvalue weighted by molar-refractivity contribution is 0.451. The molecule has 0 fully saturated rings. The van der Waals surface area contributed by atoms with Gasteiger partial charge in [0.05, 0.1) is 0 Å². The topological polar surface area (TPSA) is 48.1 Å². The van der Waals surface area contributed by atoms with Gasteiger partial charge in [0.1, 0.15) is 5.75 Å². The molecule has 19 heavy (non-hydrogen) atoms. The number of aromatic nitrogens is 1. The van der Waals surface area contributed by atoms with Gasteiger partial charge in [-0.2, -0.15) is 0 Å². The van der Waals surface area contributed by atoms with Crippen molar-refractivity contribution in [3.63, 3.8) is 0 Å². The molecule has 0 amide bonds. The number of benzene rings is 1. The van der Waals surface area contributed by atoms with Gasteiger partial charge in [0.2, 0.25) is 5.88 Å². The normalized spacial score (nSPS) is 12.3. The maximum Gasteiger partial charge on any atom is 0.223 e. The average molecular weight is 277 g/mol. The van der Waals surface area contributed by atoms with Crippen LogP contribution in [0.4, 0.5) is 0 Å². The summed E-state index contributed by atoms with van der Waals surface area (Å²) in [5.74, 6) is 1.26. The third kappa shape index (κ3) is 3.06. The van der Waals surface area contributed by atoms with Gasteiger partial charge in [-0.05, 0) is 50.1 Å². The molecule has 1 atom stereocenters. The minimum atomic E-state index is -0.127. The summed E-state index contributed by atoms with van der Waals surface area (Å²) >= 11 is 6.14. The van der Waals surface area contributed by atoms with Crippen molar-refractivity contribution in [2.75, 3.05) is 0 Å². The second-order valence-corrected chi connectivity index (χ2v) is 5.04. The fraction of sp³-hybridized carbons (Fsp3) is 0.267. The predicted molar refractivity (Wildman–Crippen MR) is 77.8 cm³/mol. The van der Waals surface area contributed by atoms with Crippen LogP contribution in [0.3, 0.4) is 0 Å². The highest BCUT2D eigenvalue weighted by molar-refractivity contribution is 6.32. The van der Waals surface area contributed by atoms with E-state index in [2.05, 4.69) is 4.98 Å². The Hall–Kier alpha value is -1.58. The summed E-state index contributed by atoms with van der Waals surface area (Å²) < 4.78 is 5.84. The van der Waals surface area contributed by atoms with Crippen molar-refractivity contribution in [2.24, 2.45) is 5.73 Å². The van der Waals surface area contributed by atoms with Gasteiger partial charge in [-0.3, -0.25) is 0 Å². The smallest absolute Gasteiger partial charge is 0.223 e. The van der Waals surface area contributed by atoms with E-state index in [1.807, 2.05) is 45.0 Å². The Balaban J connectivity index is 2.37. The van der Waals surface area contributed by atoms with Gasteiger partial charge in [-0.1, -0.05) is 17.7 Å². The number of ether oxygens (including phenoxy) is 1. The second kappa shape index (κ2) is 5.59. The zero-order valence-corrected chi connectivity index (χ0v) is 12.0. The van der Waals surface area contributed by atoms with Crippen molar-refractivity contribution in [3.8, 4) is 11.6 Å². The van der Waals surface area contributed by atoms with Crippen LogP contribution >= 0.6 is 11.6 Å². The number of hydrogen-bond donors (Lipinski definition) is 1. The van der Waals surface area contributed by atoms with Crippen LogP contribution in [0, 0.1) is 13.8 Å². The van der Waals surface area contributed by atoms with Crippen molar-refractivity contribution in [3.05, 3.63) is 52.2 Å². The van der Waals surface area contributed by atoms with Crippen LogP contribution in [0.1, 0.15) is 29.7 Å². The molecule has 2 rings (SSSR count). The summed E-state index contributed by atoms with van der Waals surface area (Å²) in [6, 6.07) is 7.44. The molecule has 0 radical (unpaired) electrons. The minimum absolute atomic E-state index is 0.127. The van der Waals surface area contributed by atoms with E-state index in [1.54, 1.807) is 6.20 Å². The van der Waals surface area contributed by atoms with Crippen LogP contribution in [-0.4, -0.2) is 4.98 Å². The van der Waals surface area contributed by atoms with E-state index >= 15 is 0 Å². The fourth-order valence-corrected chi connectivity index (χ4v) is 2.02. The first-order valence-electron chi connectivity index (χ1n) is 6.14. The number of halogens is 1. The molecule has 0 bridgehead atoms. The number of nitrogens with two attached hydrogens (primary N) is 1. The molecule has 0 aliphatic heterocycles. The van der Waals surface area contributed by atoms with Crippen LogP contribution in [-0.2, 0) is 0 Å². The molecule has 1 heterocycles. The fourth-order valence-electron chi connectivity index (χ4n) is 1.91. The van der Waals surface area contributed by atoms with E-state index in [9.17, 15) is 0 Å². The highest BCUT2D eigenvalue weighted by Crippen LogP contribution is 2.30. The SMILES string of the molecule is Cc1cc(Oc2ncccc2C(C)N)cc(C)c1Cl. The zero-order valence-electron chi connectivity index (χ0n) is 11.3. The summed E-state index contributed by atoms with van der Waals surface area (Å²) in [6.45, 7) is 5.81. The van der Waals surface area contributed by atoms with E-state index < -0.39 is 0 Å². The van der Waals surface area contributed by atoms with Gasteiger partial charge >= 0.3 is 0 Å². The molecule has 0 saturated heterocycles. The third-order valence-corrected chi connectivity index (χ3v) is 3.51. The van der Waals surface area contributed by atoms with Crippen LogP contribution in [0.5, 0.6) is 11.6 Å². The highest BCUT2D eigenvalue weighted by atomic mass is 35.5. The molecular weight excluding hydrogens is 260 g/mol. The summed E-state index contributed by atoms with van der Waals surface area (Å²) in [6.07, 6.45) is 1.69. The Labute approximate surface area is 118 Å². The first-order chi connectivity index (χ1) is 8.99. The summed E-state index contributed by atoms with van der Waals surface area (Å²) in [5, 5.41) is 0.765. The lowest BCUT2D eigenvalue weighted by atomic mass is 10.1. The molecule has 4 heteroatoms. The maximum atomic E-state index is 6.14. The maximum absolute atomic E-state index is 6.14. The molecule has 0 saturated carbocycles. The number of pyridine rings is 1. The Morgan fingerprint density at radius 2 is 1.89 bits per heavy atom. The molecule has 3 nitrogen and oxygen atoms in total. The average Bonchev–Trinajstić information content (AvgIpc) is 2.36. The number of rotatable bonds is 3. The molecular formula is C15H17ClN2O. The van der Waals surface area contributed by atoms with Crippen molar-refractivity contribution in [2.45, 2.75) is 26.8 Å². The Kier molecular flexibility index (Phi) is 4.08. The minimum Gasteiger partial charge on any atom is -0.439 e. The Morgan fingerprint density at radius 1 is 1.26 bits per heavy atom. The standard InChI is InChI=1S/C15H17ClN2O/c1-9-7-12(8-10(2)14(9)16)19-15-13(11(3)17)5-4-6-18-15/h4-8,11H,17H2,1-3H3. The lowest BCUT2D eigenvalue weighted by Gasteiger charge is -2.13. The number of aryl methyl sites for hydroxylation is 2. The van der Waals surface area contributed by atoms with Crippen LogP contribution in [0.15, 0.2) is 30.5 Å². The van der Waals surface area contributed by atoms with E-state index in [4.69, 9.17) is 22.1 Å². The molecule has 1 aromatic carbocycles. The van der Waals surface area contributed by atoms with Gasteiger partial charge in [-0.15, -0.1) is 0 Å². The molecule has 100 valence electrons. The van der Waals surface area contributed by atoms with E-state index in [0.717, 1.165) is 27.5 Å². The van der Waals surface area contributed by atoms with Crippen LogP contribution in [0.2, 0.25) is 5.02 Å². The quantitative estimate of drug-likeness (QED) is 0.915. The van der Waals surface area contributed by atoms with E-state index in [1.165, 1.54) is 0 Å². The first kappa shape index (κ1) is 13.8. The van der Waals surface area contributed by atoms with Crippen LogP contribution < -0.4 is 10.5 Å². The molecule has 0 spiro atoms. The van der Waals surface area contributed by atoms with Gasteiger partial charge in [0.15, 0.2) is 0 Å². The summed E-state index contributed by atoms with van der Waals surface area (Å²) in [7, 11) is 0. The second-order valence-electron chi connectivity index (χ2n) is 4.66. The first-order valence-corrected chi connectivity index (χ1v) is 6.52.